The van der Waals surface area contributed by atoms with Crippen molar-refractivity contribution in [2.75, 3.05) is 25.2 Å². The van der Waals surface area contributed by atoms with E-state index < -0.39 is 0 Å². The van der Waals surface area contributed by atoms with Gasteiger partial charge in [0.25, 0.3) is 0 Å². The molecule has 0 aliphatic carbocycles. The van der Waals surface area contributed by atoms with Gasteiger partial charge in [0, 0.05) is 0 Å². The average molecular weight is 247 g/mol. The Bertz CT molecular complexity index is 186. The molecule has 4 heteroatoms. The van der Waals surface area contributed by atoms with Crippen molar-refractivity contribution in [2.45, 2.75) is 39.7 Å². The predicted octanol–water partition coefficient (Wildman–Crippen LogP) is 2.31. The van der Waals surface area contributed by atoms with E-state index in [1.54, 1.807) is 7.05 Å². The molecule has 0 saturated heterocycles. The monoisotopic (exact) mass is 247 g/mol. The van der Waals surface area contributed by atoms with Crippen molar-refractivity contribution in [3.63, 3.8) is 0 Å². The number of hydrogen-bond acceptors (Lipinski definition) is 4. The summed E-state index contributed by atoms with van der Waals surface area (Å²) in [5.41, 5.74) is 0. The molecule has 0 rings (SSSR count). The largest absolute Gasteiger partial charge is 0.465 e. The molecule has 0 heterocycles. The van der Waals surface area contributed by atoms with E-state index >= 15 is 0 Å². The summed E-state index contributed by atoms with van der Waals surface area (Å²) >= 11 is 1.91. The van der Waals surface area contributed by atoms with Crippen LogP contribution in [0.4, 0.5) is 0 Å². The van der Waals surface area contributed by atoms with E-state index in [1.807, 2.05) is 18.7 Å². The van der Waals surface area contributed by atoms with Gasteiger partial charge in [-0.25, -0.2) is 0 Å². The van der Waals surface area contributed by atoms with Gasteiger partial charge < -0.3 is 10.1 Å². The molecule has 1 atom stereocenters. The third kappa shape index (κ3) is 7.99. The Morgan fingerprint density at radius 1 is 1.31 bits per heavy atom. The second kappa shape index (κ2) is 9.97. The molecule has 0 bridgehead atoms. The summed E-state index contributed by atoms with van der Waals surface area (Å²) in [5, 5.41) is 3.00. The molecule has 0 aliphatic rings. The number of rotatable bonds is 9. The molecule has 0 saturated carbocycles. The van der Waals surface area contributed by atoms with Gasteiger partial charge in [-0.2, -0.15) is 11.8 Å². The molecule has 0 aromatic rings. The molecule has 1 unspecified atom stereocenters. The fraction of sp³-hybridized carbons (Fsp3) is 0.917. The highest BCUT2D eigenvalue weighted by Gasteiger charge is 2.16. The Kier molecular flexibility index (Phi) is 9.83. The van der Waals surface area contributed by atoms with E-state index in [4.69, 9.17) is 4.74 Å². The standard InChI is InChI=1S/C12H25NO2S/c1-5-15-12(14)11(13-4)7-9-16-8-6-10(2)3/h10-11,13H,5-9H2,1-4H3. The summed E-state index contributed by atoms with van der Waals surface area (Å²) in [6.07, 6.45) is 2.09. The highest BCUT2D eigenvalue weighted by Crippen LogP contribution is 2.11. The van der Waals surface area contributed by atoms with E-state index in [1.165, 1.54) is 12.2 Å². The van der Waals surface area contributed by atoms with Crippen molar-refractivity contribution in [3.05, 3.63) is 0 Å². The van der Waals surface area contributed by atoms with Gasteiger partial charge in [-0.1, -0.05) is 13.8 Å². The lowest BCUT2D eigenvalue weighted by Crippen LogP contribution is -2.36. The lowest BCUT2D eigenvalue weighted by Gasteiger charge is -2.14. The van der Waals surface area contributed by atoms with Crippen molar-refractivity contribution in [1.82, 2.24) is 5.32 Å². The van der Waals surface area contributed by atoms with Gasteiger partial charge >= 0.3 is 5.97 Å². The van der Waals surface area contributed by atoms with Gasteiger partial charge in [0.2, 0.25) is 0 Å². The zero-order valence-corrected chi connectivity index (χ0v) is 11.7. The molecule has 0 aliphatic heterocycles. The molecule has 0 aromatic heterocycles. The normalized spacial score (nSPS) is 12.8. The minimum Gasteiger partial charge on any atom is -0.465 e. The Morgan fingerprint density at radius 2 is 1.94 bits per heavy atom. The number of thioether (sulfide) groups is 1. The average Bonchev–Trinajstić information content (AvgIpc) is 2.23. The van der Waals surface area contributed by atoms with Crippen LogP contribution in [0.25, 0.3) is 0 Å². The Hall–Kier alpha value is -0.220. The minimum absolute atomic E-state index is 0.130. The van der Waals surface area contributed by atoms with Crippen molar-refractivity contribution < 1.29 is 9.53 Å². The fourth-order valence-electron chi connectivity index (χ4n) is 1.25. The molecule has 0 fully saturated rings. The first-order chi connectivity index (χ1) is 7.61. The van der Waals surface area contributed by atoms with E-state index in [0.717, 1.165) is 18.1 Å². The first-order valence-electron chi connectivity index (χ1n) is 6.03. The molecule has 0 aromatic carbocycles. The van der Waals surface area contributed by atoms with Crippen LogP contribution < -0.4 is 5.32 Å². The van der Waals surface area contributed by atoms with Crippen molar-refractivity contribution >= 4 is 17.7 Å². The molecule has 16 heavy (non-hydrogen) atoms. The Balaban J connectivity index is 3.59. The summed E-state index contributed by atoms with van der Waals surface area (Å²) in [6.45, 7) is 6.75. The second-order valence-electron chi connectivity index (χ2n) is 4.18. The highest BCUT2D eigenvalue weighted by molar-refractivity contribution is 7.99. The summed E-state index contributed by atoms with van der Waals surface area (Å²) in [4.78, 5) is 11.5. The van der Waals surface area contributed by atoms with Crippen LogP contribution in [0.3, 0.4) is 0 Å². The number of esters is 1. The van der Waals surface area contributed by atoms with Crippen LogP contribution in [-0.4, -0.2) is 37.2 Å². The third-order valence-corrected chi connectivity index (χ3v) is 3.36. The second-order valence-corrected chi connectivity index (χ2v) is 5.40. The smallest absolute Gasteiger partial charge is 0.323 e. The third-order valence-electron chi connectivity index (χ3n) is 2.31. The van der Waals surface area contributed by atoms with Crippen LogP contribution >= 0.6 is 11.8 Å². The summed E-state index contributed by atoms with van der Waals surface area (Å²) in [6, 6.07) is -0.147. The first-order valence-corrected chi connectivity index (χ1v) is 7.18. The van der Waals surface area contributed by atoms with Crippen molar-refractivity contribution in [2.24, 2.45) is 5.92 Å². The quantitative estimate of drug-likeness (QED) is 0.501. The van der Waals surface area contributed by atoms with Crippen LogP contribution in [-0.2, 0) is 9.53 Å². The van der Waals surface area contributed by atoms with Gasteiger partial charge in [-0.15, -0.1) is 0 Å². The zero-order valence-electron chi connectivity index (χ0n) is 10.9. The van der Waals surface area contributed by atoms with E-state index in [2.05, 4.69) is 19.2 Å². The molecule has 0 spiro atoms. The molecule has 0 radical (unpaired) electrons. The maximum atomic E-state index is 11.5. The Morgan fingerprint density at radius 3 is 2.44 bits per heavy atom. The zero-order chi connectivity index (χ0) is 12.4. The topological polar surface area (TPSA) is 38.3 Å². The van der Waals surface area contributed by atoms with E-state index in [-0.39, 0.29) is 12.0 Å². The molecular weight excluding hydrogens is 222 g/mol. The number of carbonyl (C=O) groups excluding carboxylic acids is 1. The van der Waals surface area contributed by atoms with E-state index in [0.29, 0.717) is 6.61 Å². The van der Waals surface area contributed by atoms with Crippen LogP contribution in [0, 0.1) is 5.92 Å². The summed E-state index contributed by atoms with van der Waals surface area (Å²) in [7, 11) is 1.81. The van der Waals surface area contributed by atoms with E-state index in [9.17, 15) is 4.79 Å². The summed E-state index contributed by atoms with van der Waals surface area (Å²) < 4.78 is 4.98. The van der Waals surface area contributed by atoms with Gasteiger partial charge in [0.1, 0.15) is 6.04 Å². The van der Waals surface area contributed by atoms with Gasteiger partial charge in [0.05, 0.1) is 6.61 Å². The van der Waals surface area contributed by atoms with Gasteiger partial charge in [-0.3, -0.25) is 4.79 Å². The number of carbonyl (C=O) groups is 1. The summed E-state index contributed by atoms with van der Waals surface area (Å²) in [5.74, 6) is 2.82. The van der Waals surface area contributed by atoms with Gasteiger partial charge in [0.15, 0.2) is 0 Å². The predicted molar refractivity (Wildman–Crippen MR) is 70.9 cm³/mol. The lowest BCUT2D eigenvalue weighted by molar-refractivity contribution is -0.145. The highest BCUT2D eigenvalue weighted by atomic mass is 32.2. The maximum absolute atomic E-state index is 11.5. The lowest BCUT2D eigenvalue weighted by atomic mass is 10.2. The van der Waals surface area contributed by atoms with Gasteiger partial charge in [-0.05, 0) is 44.2 Å². The molecular formula is C12H25NO2S. The minimum atomic E-state index is -0.147. The molecule has 96 valence electrons. The molecule has 1 N–H and O–H groups in total. The first kappa shape index (κ1) is 15.8. The Labute approximate surface area is 104 Å². The van der Waals surface area contributed by atoms with Crippen LogP contribution in [0.2, 0.25) is 0 Å². The number of likely N-dealkylation sites (N-methyl/N-ethyl adjacent to an activating group) is 1. The number of hydrogen-bond donors (Lipinski definition) is 1. The maximum Gasteiger partial charge on any atom is 0.323 e. The van der Waals surface area contributed by atoms with Crippen LogP contribution in [0.5, 0.6) is 0 Å². The number of ether oxygens (including phenoxy) is 1. The van der Waals surface area contributed by atoms with Crippen LogP contribution in [0.1, 0.15) is 33.6 Å². The fourth-order valence-corrected chi connectivity index (χ4v) is 2.49. The molecule has 0 amide bonds. The SMILES string of the molecule is CCOC(=O)C(CCSCCC(C)C)NC. The van der Waals surface area contributed by atoms with Crippen LogP contribution in [0.15, 0.2) is 0 Å². The molecule has 3 nitrogen and oxygen atoms in total. The van der Waals surface area contributed by atoms with Crippen molar-refractivity contribution in [1.29, 1.82) is 0 Å². The number of nitrogens with one attached hydrogen (secondary N) is 1. The van der Waals surface area contributed by atoms with Crippen molar-refractivity contribution in [3.8, 4) is 0 Å².